The number of aryl methyl sites for hydroxylation is 1. The highest BCUT2D eigenvalue weighted by Gasteiger charge is 2.15. The molecule has 134 valence electrons. The minimum atomic E-state index is -2.25. The molecule has 0 saturated heterocycles. The van der Waals surface area contributed by atoms with E-state index in [9.17, 15) is 13.6 Å². The van der Waals surface area contributed by atoms with Crippen molar-refractivity contribution in [3.8, 4) is 0 Å². The van der Waals surface area contributed by atoms with Crippen LogP contribution in [0.4, 0.5) is 17.1 Å². The second kappa shape index (κ2) is 8.77. The van der Waals surface area contributed by atoms with E-state index >= 15 is 0 Å². The van der Waals surface area contributed by atoms with E-state index in [1.165, 1.54) is 19.4 Å². The zero-order valence-electron chi connectivity index (χ0n) is 13.5. The number of rotatable bonds is 7. The van der Waals surface area contributed by atoms with Gasteiger partial charge in [-0.15, -0.1) is 0 Å². The molecular weight excluding hydrogens is 368 g/mol. The number of nitrogens with zero attached hydrogens (tertiary/aromatic N) is 1. The van der Waals surface area contributed by atoms with Crippen molar-refractivity contribution in [1.82, 2.24) is 10.5 Å². The number of hydrogen-bond donors (Lipinski definition) is 3. The molecule has 25 heavy (non-hydrogen) atoms. The molecule has 0 spiro atoms. The lowest BCUT2D eigenvalue weighted by Crippen LogP contribution is -2.23. The van der Waals surface area contributed by atoms with Gasteiger partial charge in [0.2, 0.25) is 0 Å². The second-order valence-corrected chi connectivity index (χ2v) is 6.22. The number of pyridine rings is 1. The minimum absolute atomic E-state index is 0.194. The number of hydroxylamine groups is 1. The van der Waals surface area contributed by atoms with Crippen molar-refractivity contribution >= 4 is 45.7 Å². The number of halogens is 1. The molecule has 10 heteroatoms. The molecule has 0 radical (unpaired) electrons. The van der Waals surface area contributed by atoms with Crippen LogP contribution in [0.2, 0.25) is 5.15 Å². The SMILES string of the molecule is CONC(=O)c1cnc(Cl)cc1Nc1cccc(C)c1NCS(=O)[O-]. The Morgan fingerprint density at radius 3 is 2.84 bits per heavy atom. The summed E-state index contributed by atoms with van der Waals surface area (Å²) in [7, 11) is 1.32. The first-order valence-corrected chi connectivity index (χ1v) is 8.69. The molecule has 0 saturated carbocycles. The monoisotopic (exact) mass is 383 g/mol. The summed E-state index contributed by atoms with van der Waals surface area (Å²) in [5.74, 6) is -0.745. The van der Waals surface area contributed by atoms with Gasteiger partial charge in [-0.25, -0.2) is 10.5 Å². The highest BCUT2D eigenvalue weighted by Crippen LogP contribution is 2.31. The number of carbonyl (C=O) groups is 1. The zero-order chi connectivity index (χ0) is 18.4. The van der Waals surface area contributed by atoms with Gasteiger partial charge < -0.3 is 15.2 Å². The van der Waals surface area contributed by atoms with Gasteiger partial charge in [-0.2, -0.15) is 0 Å². The molecule has 1 amide bonds. The first-order valence-electron chi connectivity index (χ1n) is 7.07. The number of aromatic nitrogens is 1. The smallest absolute Gasteiger partial charge is 0.278 e. The molecule has 0 aliphatic heterocycles. The van der Waals surface area contributed by atoms with E-state index < -0.39 is 17.0 Å². The first-order chi connectivity index (χ1) is 11.9. The molecule has 2 rings (SSSR count). The number of para-hydroxylation sites is 1. The second-order valence-electron chi connectivity index (χ2n) is 4.94. The summed E-state index contributed by atoms with van der Waals surface area (Å²) in [4.78, 5) is 20.6. The summed E-state index contributed by atoms with van der Waals surface area (Å²) in [5.41, 5.74) is 4.83. The van der Waals surface area contributed by atoms with Crippen molar-refractivity contribution in [2.75, 3.05) is 23.6 Å². The Kier molecular flexibility index (Phi) is 6.71. The van der Waals surface area contributed by atoms with Crippen molar-refractivity contribution in [1.29, 1.82) is 0 Å². The van der Waals surface area contributed by atoms with Crippen molar-refractivity contribution in [2.24, 2.45) is 0 Å². The molecule has 0 aliphatic rings. The van der Waals surface area contributed by atoms with Crippen LogP contribution in [0.15, 0.2) is 30.5 Å². The fourth-order valence-corrected chi connectivity index (χ4v) is 2.56. The number of amides is 1. The lowest BCUT2D eigenvalue weighted by atomic mass is 10.1. The largest absolute Gasteiger partial charge is 0.771 e. The molecule has 2 aromatic rings. The molecule has 1 heterocycles. The fourth-order valence-electron chi connectivity index (χ4n) is 2.14. The maximum Gasteiger partial charge on any atom is 0.278 e. The van der Waals surface area contributed by atoms with Crippen LogP contribution in [0.5, 0.6) is 0 Å². The van der Waals surface area contributed by atoms with Gasteiger partial charge in [-0.05, 0) is 35.7 Å². The van der Waals surface area contributed by atoms with Gasteiger partial charge in [-0.1, -0.05) is 23.7 Å². The number of carbonyl (C=O) groups excluding carboxylic acids is 1. The quantitative estimate of drug-likeness (QED) is 0.381. The molecule has 1 aromatic heterocycles. The van der Waals surface area contributed by atoms with E-state index in [0.717, 1.165) is 5.56 Å². The van der Waals surface area contributed by atoms with Crippen molar-refractivity contribution < 1.29 is 18.4 Å². The van der Waals surface area contributed by atoms with Gasteiger partial charge >= 0.3 is 0 Å². The number of benzene rings is 1. The van der Waals surface area contributed by atoms with Crippen molar-refractivity contribution in [3.63, 3.8) is 0 Å². The van der Waals surface area contributed by atoms with Crippen LogP contribution in [0.1, 0.15) is 15.9 Å². The Bertz CT molecular complexity index is 803. The van der Waals surface area contributed by atoms with Crippen molar-refractivity contribution in [2.45, 2.75) is 6.92 Å². The van der Waals surface area contributed by atoms with Gasteiger partial charge in [-0.3, -0.25) is 13.8 Å². The molecule has 1 aromatic carbocycles. The van der Waals surface area contributed by atoms with Crippen LogP contribution in [-0.2, 0) is 15.9 Å². The number of anilines is 3. The Hall–Kier alpha value is -2.20. The molecule has 0 fully saturated rings. The molecule has 3 N–H and O–H groups in total. The van der Waals surface area contributed by atoms with E-state index in [-0.39, 0.29) is 16.6 Å². The van der Waals surface area contributed by atoms with Crippen LogP contribution in [0, 0.1) is 6.92 Å². The van der Waals surface area contributed by atoms with Crippen molar-refractivity contribution in [3.05, 3.63) is 46.7 Å². The van der Waals surface area contributed by atoms with Crippen LogP contribution < -0.4 is 16.1 Å². The maximum absolute atomic E-state index is 12.1. The van der Waals surface area contributed by atoms with E-state index in [4.69, 9.17) is 11.6 Å². The maximum atomic E-state index is 12.1. The minimum Gasteiger partial charge on any atom is -0.771 e. The van der Waals surface area contributed by atoms with Crippen LogP contribution in [0.25, 0.3) is 0 Å². The summed E-state index contributed by atoms with van der Waals surface area (Å²) < 4.78 is 21.7. The first kappa shape index (κ1) is 19.1. The highest BCUT2D eigenvalue weighted by atomic mass is 35.5. The molecule has 0 bridgehead atoms. The summed E-state index contributed by atoms with van der Waals surface area (Å²) in [6.45, 7) is 1.83. The van der Waals surface area contributed by atoms with E-state index in [0.29, 0.717) is 17.1 Å². The van der Waals surface area contributed by atoms with E-state index in [1.54, 1.807) is 12.1 Å². The number of hydrogen-bond acceptors (Lipinski definition) is 7. The van der Waals surface area contributed by atoms with Crippen LogP contribution in [0.3, 0.4) is 0 Å². The fraction of sp³-hybridized carbons (Fsp3) is 0.200. The average molecular weight is 384 g/mol. The topological polar surface area (TPSA) is 115 Å². The molecule has 1 atom stereocenters. The van der Waals surface area contributed by atoms with E-state index in [1.807, 2.05) is 13.0 Å². The Morgan fingerprint density at radius 2 is 2.16 bits per heavy atom. The van der Waals surface area contributed by atoms with Gasteiger partial charge in [0.15, 0.2) is 0 Å². The Balaban J connectivity index is 2.39. The molecule has 8 nitrogen and oxygen atoms in total. The Morgan fingerprint density at radius 1 is 1.40 bits per heavy atom. The summed E-state index contributed by atoms with van der Waals surface area (Å²) >= 11 is 3.68. The third kappa shape index (κ3) is 5.13. The van der Waals surface area contributed by atoms with Gasteiger partial charge in [0.25, 0.3) is 5.91 Å². The van der Waals surface area contributed by atoms with Crippen LogP contribution >= 0.6 is 11.6 Å². The highest BCUT2D eigenvalue weighted by molar-refractivity contribution is 7.79. The summed E-state index contributed by atoms with van der Waals surface area (Å²) in [6.07, 6.45) is 1.31. The summed E-state index contributed by atoms with van der Waals surface area (Å²) in [6, 6.07) is 6.87. The van der Waals surface area contributed by atoms with E-state index in [2.05, 4.69) is 25.9 Å². The number of nitrogens with one attached hydrogen (secondary N) is 3. The average Bonchev–Trinajstić information content (AvgIpc) is 2.54. The van der Waals surface area contributed by atoms with Gasteiger partial charge in [0.05, 0.1) is 35.6 Å². The van der Waals surface area contributed by atoms with Gasteiger partial charge in [0, 0.05) is 6.20 Å². The third-order valence-electron chi connectivity index (χ3n) is 3.22. The third-order valence-corrected chi connectivity index (χ3v) is 3.81. The zero-order valence-corrected chi connectivity index (χ0v) is 15.0. The predicted molar refractivity (Wildman–Crippen MR) is 95.6 cm³/mol. The summed E-state index contributed by atoms with van der Waals surface area (Å²) in [5, 5.41) is 6.12. The normalized spacial score (nSPS) is 11.7. The van der Waals surface area contributed by atoms with Crippen LogP contribution in [-0.4, -0.2) is 32.6 Å². The Labute approximate surface area is 152 Å². The molecular formula is C15H16ClN4O4S-. The molecule has 0 aliphatic carbocycles. The lowest BCUT2D eigenvalue weighted by Gasteiger charge is -2.18. The predicted octanol–water partition coefficient (Wildman–Crippen LogP) is 2.33. The lowest BCUT2D eigenvalue weighted by molar-refractivity contribution is 0.0538. The van der Waals surface area contributed by atoms with Gasteiger partial charge in [0.1, 0.15) is 5.15 Å². The molecule has 1 unspecified atom stereocenters. The standard InChI is InChI=1S/C15H17ClN4O4S/c1-9-4-3-5-11(14(9)18-8-25(22)23)19-12-6-13(16)17-7-10(12)15(21)20-24-2/h3-7,18H,8H2,1-2H3,(H,17,19)(H,20,21)(H,22,23)/p-1.